The zero-order valence-electron chi connectivity index (χ0n) is 13.7. The van der Waals surface area contributed by atoms with Crippen molar-refractivity contribution in [1.29, 1.82) is 0 Å². The third-order valence-corrected chi connectivity index (χ3v) is 4.28. The van der Waals surface area contributed by atoms with Crippen molar-refractivity contribution in [2.75, 3.05) is 19.8 Å². The van der Waals surface area contributed by atoms with Crippen LogP contribution in [-0.2, 0) is 14.9 Å². The summed E-state index contributed by atoms with van der Waals surface area (Å²) in [5.74, 6) is -0.0728. The molecule has 1 aromatic heterocycles. The Labute approximate surface area is 140 Å². The van der Waals surface area contributed by atoms with Crippen LogP contribution in [0.5, 0.6) is 0 Å². The van der Waals surface area contributed by atoms with Crippen LogP contribution in [0.1, 0.15) is 31.9 Å². The van der Waals surface area contributed by atoms with Gasteiger partial charge in [-0.2, -0.15) is 0 Å². The highest BCUT2D eigenvalue weighted by molar-refractivity contribution is 5.91. The zero-order valence-corrected chi connectivity index (χ0v) is 13.7. The van der Waals surface area contributed by atoms with Crippen molar-refractivity contribution in [1.82, 2.24) is 10.5 Å². The minimum atomic E-state index is -0.626. The van der Waals surface area contributed by atoms with Crippen LogP contribution in [0.2, 0.25) is 0 Å². The summed E-state index contributed by atoms with van der Waals surface area (Å²) in [4.78, 5) is 12.5. The predicted molar refractivity (Wildman–Crippen MR) is 86.9 cm³/mol. The van der Waals surface area contributed by atoms with Gasteiger partial charge in [-0.15, -0.1) is 0 Å². The molecule has 6 heteroatoms. The van der Waals surface area contributed by atoms with Crippen LogP contribution in [0.3, 0.4) is 0 Å². The molecule has 1 aliphatic carbocycles. The van der Waals surface area contributed by atoms with Crippen LogP contribution in [-0.4, -0.2) is 30.8 Å². The van der Waals surface area contributed by atoms with Crippen LogP contribution >= 0.6 is 0 Å². The largest absolute Gasteiger partial charge is 0.382 e. The molecule has 1 saturated carbocycles. The van der Waals surface area contributed by atoms with Gasteiger partial charge < -0.3 is 14.6 Å². The van der Waals surface area contributed by atoms with E-state index in [1.54, 1.807) is 24.3 Å². The number of rotatable bonds is 8. The van der Waals surface area contributed by atoms with Crippen molar-refractivity contribution < 1.29 is 18.4 Å². The second-order valence-electron chi connectivity index (χ2n) is 5.94. The normalized spacial score (nSPS) is 15.2. The highest BCUT2D eigenvalue weighted by Crippen LogP contribution is 2.48. The lowest BCUT2D eigenvalue weighted by Gasteiger charge is -2.12. The first kappa shape index (κ1) is 16.6. The summed E-state index contributed by atoms with van der Waals surface area (Å²) >= 11 is 0. The van der Waals surface area contributed by atoms with Gasteiger partial charge in [-0.25, -0.2) is 4.39 Å². The Morgan fingerprint density at radius 2 is 2.21 bits per heavy atom. The zero-order chi connectivity index (χ0) is 17.0. The number of nitrogens with zero attached hydrogens (tertiary/aromatic N) is 1. The monoisotopic (exact) mass is 332 g/mol. The molecule has 0 aliphatic heterocycles. The summed E-state index contributed by atoms with van der Waals surface area (Å²) in [6.07, 6.45) is 2.23. The Morgan fingerprint density at radius 1 is 1.42 bits per heavy atom. The number of amides is 1. The summed E-state index contributed by atoms with van der Waals surface area (Å²) in [5.41, 5.74) is 0.297. The first-order chi connectivity index (χ1) is 11.7. The second kappa shape index (κ2) is 7.13. The van der Waals surface area contributed by atoms with E-state index in [1.807, 2.05) is 6.92 Å². The minimum absolute atomic E-state index is 0.0487. The quantitative estimate of drug-likeness (QED) is 0.755. The molecular weight excluding hydrogens is 311 g/mol. The first-order valence-electron chi connectivity index (χ1n) is 8.25. The van der Waals surface area contributed by atoms with Gasteiger partial charge >= 0.3 is 0 Å². The second-order valence-corrected chi connectivity index (χ2v) is 5.94. The molecule has 1 N–H and O–H groups in total. The van der Waals surface area contributed by atoms with Crippen LogP contribution in [0.25, 0.3) is 11.3 Å². The SMILES string of the molecule is CCOCCCNC(=O)C1(c2cc(-c3ccccc3F)on2)CC1. The fourth-order valence-electron chi connectivity index (χ4n) is 2.70. The van der Waals surface area contributed by atoms with Gasteiger partial charge in [0.2, 0.25) is 5.91 Å². The Morgan fingerprint density at radius 3 is 2.92 bits per heavy atom. The molecule has 0 radical (unpaired) electrons. The molecule has 1 amide bonds. The molecule has 1 heterocycles. The number of hydrogen-bond acceptors (Lipinski definition) is 4. The topological polar surface area (TPSA) is 64.4 Å². The molecule has 128 valence electrons. The molecule has 0 atom stereocenters. The van der Waals surface area contributed by atoms with Gasteiger partial charge in [0.15, 0.2) is 5.76 Å². The minimum Gasteiger partial charge on any atom is -0.382 e. The number of hydrogen-bond donors (Lipinski definition) is 1. The number of benzene rings is 1. The molecule has 0 saturated heterocycles. The Hall–Kier alpha value is -2.21. The standard InChI is InChI=1S/C18H21FN2O3/c1-2-23-11-5-10-20-17(22)18(8-9-18)16-12-15(24-21-16)13-6-3-4-7-14(13)19/h3-4,6-7,12H,2,5,8-11H2,1H3,(H,20,22). The molecule has 0 bridgehead atoms. The van der Waals surface area contributed by atoms with Crippen LogP contribution < -0.4 is 5.32 Å². The molecular formula is C18H21FN2O3. The maximum Gasteiger partial charge on any atom is 0.232 e. The Balaban J connectivity index is 1.66. The van der Waals surface area contributed by atoms with Crippen molar-refractivity contribution in [3.63, 3.8) is 0 Å². The molecule has 24 heavy (non-hydrogen) atoms. The van der Waals surface area contributed by atoms with Gasteiger partial charge in [0, 0.05) is 25.8 Å². The number of halogens is 1. The molecule has 1 aliphatic rings. The fraction of sp³-hybridized carbons (Fsp3) is 0.444. The van der Waals surface area contributed by atoms with E-state index in [-0.39, 0.29) is 11.7 Å². The van der Waals surface area contributed by atoms with Crippen LogP contribution in [0.4, 0.5) is 4.39 Å². The van der Waals surface area contributed by atoms with Crippen LogP contribution in [0, 0.1) is 5.82 Å². The van der Waals surface area contributed by atoms with E-state index in [2.05, 4.69) is 10.5 Å². The highest BCUT2D eigenvalue weighted by atomic mass is 19.1. The van der Waals surface area contributed by atoms with E-state index in [4.69, 9.17) is 9.26 Å². The summed E-state index contributed by atoms with van der Waals surface area (Å²) in [6, 6.07) is 8.03. The molecule has 3 rings (SSSR count). The van der Waals surface area contributed by atoms with E-state index in [1.165, 1.54) is 6.07 Å². The van der Waals surface area contributed by atoms with Gasteiger partial charge in [0.1, 0.15) is 5.82 Å². The smallest absolute Gasteiger partial charge is 0.232 e. The number of nitrogens with one attached hydrogen (secondary N) is 1. The number of aromatic nitrogens is 1. The van der Waals surface area contributed by atoms with E-state index < -0.39 is 5.41 Å². The maximum atomic E-state index is 13.8. The van der Waals surface area contributed by atoms with Crippen molar-refractivity contribution in [3.8, 4) is 11.3 Å². The van der Waals surface area contributed by atoms with E-state index in [0.29, 0.717) is 36.8 Å². The van der Waals surface area contributed by atoms with Gasteiger partial charge in [-0.1, -0.05) is 17.3 Å². The van der Waals surface area contributed by atoms with E-state index in [0.717, 1.165) is 19.3 Å². The van der Waals surface area contributed by atoms with Crippen molar-refractivity contribution in [2.24, 2.45) is 0 Å². The lowest BCUT2D eigenvalue weighted by molar-refractivity contribution is -0.123. The average molecular weight is 332 g/mol. The van der Waals surface area contributed by atoms with Gasteiger partial charge in [0.25, 0.3) is 0 Å². The molecule has 1 aromatic carbocycles. The van der Waals surface area contributed by atoms with Gasteiger partial charge in [-0.05, 0) is 38.3 Å². The molecule has 0 unspecified atom stereocenters. The lowest BCUT2D eigenvalue weighted by atomic mass is 10.00. The van der Waals surface area contributed by atoms with E-state index >= 15 is 0 Å². The van der Waals surface area contributed by atoms with E-state index in [9.17, 15) is 9.18 Å². The average Bonchev–Trinajstić information content (AvgIpc) is 3.26. The van der Waals surface area contributed by atoms with Crippen LogP contribution in [0.15, 0.2) is 34.9 Å². The number of ether oxygens (including phenoxy) is 1. The third-order valence-electron chi connectivity index (χ3n) is 4.28. The fourth-order valence-corrected chi connectivity index (χ4v) is 2.70. The summed E-state index contributed by atoms with van der Waals surface area (Å²) in [6.45, 7) is 3.81. The Bertz CT molecular complexity index is 710. The Kier molecular flexibility index (Phi) is 4.94. The highest BCUT2D eigenvalue weighted by Gasteiger charge is 2.53. The lowest BCUT2D eigenvalue weighted by Crippen LogP contribution is -2.35. The molecule has 0 spiro atoms. The molecule has 5 nitrogen and oxygen atoms in total. The first-order valence-corrected chi connectivity index (χ1v) is 8.25. The van der Waals surface area contributed by atoms with Gasteiger partial charge in [0.05, 0.1) is 16.7 Å². The maximum absolute atomic E-state index is 13.8. The van der Waals surface area contributed by atoms with Crippen molar-refractivity contribution >= 4 is 5.91 Å². The number of carbonyl (C=O) groups is 1. The molecule has 1 fully saturated rings. The van der Waals surface area contributed by atoms with Gasteiger partial charge in [-0.3, -0.25) is 4.79 Å². The van der Waals surface area contributed by atoms with Crippen molar-refractivity contribution in [3.05, 3.63) is 41.8 Å². The predicted octanol–water partition coefficient (Wildman–Crippen LogP) is 3.06. The third kappa shape index (κ3) is 3.33. The van der Waals surface area contributed by atoms with Crippen molar-refractivity contribution in [2.45, 2.75) is 31.6 Å². The molecule has 2 aromatic rings. The summed E-state index contributed by atoms with van der Waals surface area (Å²) < 4.78 is 24.4. The summed E-state index contributed by atoms with van der Waals surface area (Å²) in [7, 11) is 0. The summed E-state index contributed by atoms with van der Waals surface area (Å²) in [5, 5.41) is 6.95. The number of carbonyl (C=O) groups excluding carboxylic acids is 1.